The van der Waals surface area contributed by atoms with Crippen LogP contribution in [0.4, 0.5) is 11.4 Å². The highest BCUT2D eigenvalue weighted by Crippen LogP contribution is 2.38. The molecule has 1 aromatic carbocycles. The minimum atomic E-state index is 0.204. The molecule has 0 aromatic heterocycles. The SMILES string of the molecule is C=C(C)NCC1(C)CN(c2cc(Cl)cc(N)c2C=N)C1. The Morgan fingerprint density at radius 1 is 1.60 bits per heavy atom. The van der Waals surface area contributed by atoms with Gasteiger partial charge in [0.05, 0.1) is 0 Å². The fraction of sp³-hybridized carbons (Fsp3) is 0.400. The van der Waals surface area contributed by atoms with E-state index in [0.717, 1.165) is 36.6 Å². The fourth-order valence-corrected chi connectivity index (χ4v) is 2.79. The third-order valence-corrected chi connectivity index (χ3v) is 3.82. The lowest BCUT2D eigenvalue weighted by Gasteiger charge is -2.50. The van der Waals surface area contributed by atoms with Crippen molar-refractivity contribution in [2.75, 3.05) is 30.3 Å². The molecule has 1 heterocycles. The van der Waals surface area contributed by atoms with E-state index >= 15 is 0 Å². The van der Waals surface area contributed by atoms with E-state index in [-0.39, 0.29) is 5.41 Å². The van der Waals surface area contributed by atoms with E-state index in [4.69, 9.17) is 22.7 Å². The molecule has 0 atom stereocenters. The Kier molecular flexibility index (Phi) is 3.95. The molecule has 0 amide bonds. The fourth-order valence-electron chi connectivity index (χ4n) is 2.56. The van der Waals surface area contributed by atoms with Gasteiger partial charge in [-0.2, -0.15) is 0 Å². The highest BCUT2D eigenvalue weighted by atomic mass is 35.5. The van der Waals surface area contributed by atoms with Crippen molar-refractivity contribution in [3.05, 3.63) is 35.0 Å². The lowest BCUT2D eigenvalue weighted by Crippen LogP contribution is -2.59. The molecule has 5 heteroatoms. The van der Waals surface area contributed by atoms with E-state index in [1.165, 1.54) is 6.21 Å². The number of nitrogen functional groups attached to an aromatic ring is 1. The van der Waals surface area contributed by atoms with E-state index in [1.54, 1.807) is 6.07 Å². The van der Waals surface area contributed by atoms with E-state index < -0.39 is 0 Å². The lowest BCUT2D eigenvalue weighted by atomic mass is 9.81. The molecule has 1 aliphatic heterocycles. The van der Waals surface area contributed by atoms with Crippen molar-refractivity contribution >= 4 is 29.2 Å². The Bertz CT molecular complexity index is 547. The van der Waals surface area contributed by atoms with Gasteiger partial charge >= 0.3 is 0 Å². The predicted octanol–water partition coefficient (Wildman–Crippen LogP) is 2.87. The first kappa shape index (κ1) is 14.7. The summed E-state index contributed by atoms with van der Waals surface area (Å²) in [7, 11) is 0. The van der Waals surface area contributed by atoms with Crippen LogP contribution in [0.25, 0.3) is 0 Å². The molecule has 2 rings (SSSR count). The molecule has 0 unspecified atom stereocenters. The maximum absolute atomic E-state index is 7.53. The first-order valence-corrected chi connectivity index (χ1v) is 6.96. The van der Waals surface area contributed by atoms with Gasteiger partial charge in [0, 0.05) is 58.9 Å². The maximum atomic E-state index is 7.53. The topological polar surface area (TPSA) is 65.1 Å². The normalized spacial score (nSPS) is 16.4. The van der Waals surface area contributed by atoms with Crippen LogP contribution in [0.1, 0.15) is 19.4 Å². The summed E-state index contributed by atoms with van der Waals surface area (Å²) < 4.78 is 0. The smallest absolute Gasteiger partial charge is 0.0491 e. The van der Waals surface area contributed by atoms with Gasteiger partial charge < -0.3 is 21.4 Å². The van der Waals surface area contributed by atoms with Crippen molar-refractivity contribution in [1.29, 1.82) is 5.41 Å². The molecule has 1 aromatic rings. The van der Waals surface area contributed by atoms with Gasteiger partial charge in [0.1, 0.15) is 0 Å². The summed E-state index contributed by atoms with van der Waals surface area (Å²) in [5.41, 5.74) is 9.35. The first-order chi connectivity index (χ1) is 9.34. The van der Waals surface area contributed by atoms with Gasteiger partial charge in [-0.25, -0.2) is 0 Å². The monoisotopic (exact) mass is 292 g/mol. The van der Waals surface area contributed by atoms with Crippen LogP contribution in [-0.2, 0) is 0 Å². The van der Waals surface area contributed by atoms with Gasteiger partial charge in [0.2, 0.25) is 0 Å². The van der Waals surface area contributed by atoms with E-state index in [2.05, 4.69) is 23.7 Å². The average Bonchev–Trinajstić information content (AvgIpc) is 2.32. The summed E-state index contributed by atoms with van der Waals surface area (Å²) in [6.45, 7) is 10.8. The Balaban J connectivity index is 2.13. The second-order valence-electron chi connectivity index (χ2n) is 5.87. The number of hydrogen-bond donors (Lipinski definition) is 3. The number of nitrogens with one attached hydrogen (secondary N) is 2. The first-order valence-electron chi connectivity index (χ1n) is 6.58. The van der Waals surface area contributed by atoms with Crippen molar-refractivity contribution < 1.29 is 0 Å². The van der Waals surface area contributed by atoms with Crippen LogP contribution in [0.15, 0.2) is 24.4 Å². The second kappa shape index (κ2) is 5.37. The average molecular weight is 293 g/mol. The molecule has 1 fully saturated rings. The highest BCUT2D eigenvalue weighted by molar-refractivity contribution is 6.31. The maximum Gasteiger partial charge on any atom is 0.0491 e. The largest absolute Gasteiger partial charge is 0.398 e. The lowest BCUT2D eigenvalue weighted by molar-refractivity contribution is 0.239. The number of hydrogen-bond acceptors (Lipinski definition) is 4. The molecule has 1 aliphatic rings. The quantitative estimate of drug-likeness (QED) is 0.577. The number of halogens is 1. The van der Waals surface area contributed by atoms with E-state index in [0.29, 0.717) is 10.7 Å². The van der Waals surface area contributed by atoms with Crippen molar-refractivity contribution in [1.82, 2.24) is 5.32 Å². The van der Waals surface area contributed by atoms with Crippen molar-refractivity contribution in [3.63, 3.8) is 0 Å². The van der Waals surface area contributed by atoms with Crippen LogP contribution in [0.5, 0.6) is 0 Å². The number of nitrogens with two attached hydrogens (primary N) is 1. The van der Waals surface area contributed by atoms with Gasteiger partial charge in [-0.15, -0.1) is 0 Å². The molecule has 4 N–H and O–H groups in total. The highest BCUT2D eigenvalue weighted by Gasteiger charge is 2.39. The minimum Gasteiger partial charge on any atom is -0.398 e. The molecule has 0 spiro atoms. The summed E-state index contributed by atoms with van der Waals surface area (Å²) >= 11 is 6.07. The zero-order valence-electron chi connectivity index (χ0n) is 12.0. The Morgan fingerprint density at radius 3 is 2.80 bits per heavy atom. The molecule has 4 nitrogen and oxygen atoms in total. The summed E-state index contributed by atoms with van der Waals surface area (Å²) in [6, 6.07) is 3.57. The summed E-state index contributed by atoms with van der Waals surface area (Å²) in [5.74, 6) is 0. The van der Waals surface area contributed by atoms with Crippen LogP contribution in [-0.4, -0.2) is 25.8 Å². The minimum absolute atomic E-state index is 0.204. The molecular formula is C15H21ClN4. The van der Waals surface area contributed by atoms with Gasteiger partial charge in [-0.3, -0.25) is 0 Å². The number of anilines is 2. The molecule has 0 aliphatic carbocycles. The molecular weight excluding hydrogens is 272 g/mol. The van der Waals surface area contributed by atoms with Crippen LogP contribution < -0.4 is 16.0 Å². The predicted molar refractivity (Wildman–Crippen MR) is 86.9 cm³/mol. The van der Waals surface area contributed by atoms with Crippen molar-refractivity contribution in [2.24, 2.45) is 5.41 Å². The molecule has 0 radical (unpaired) electrons. The summed E-state index contributed by atoms with van der Waals surface area (Å²) in [5, 5.41) is 11.4. The third kappa shape index (κ3) is 2.90. The van der Waals surface area contributed by atoms with Crippen LogP contribution in [0.2, 0.25) is 5.02 Å². The van der Waals surface area contributed by atoms with Crippen molar-refractivity contribution in [2.45, 2.75) is 13.8 Å². The van der Waals surface area contributed by atoms with Crippen molar-refractivity contribution in [3.8, 4) is 0 Å². The second-order valence-corrected chi connectivity index (χ2v) is 6.31. The molecule has 0 bridgehead atoms. The molecule has 0 saturated carbocycles. The molecule has 1 saturated heterocycles. The third-order valence-electron chi connectivity index (χ3n) is 3.60. The number of benzene rings is 1. The van der Waals surface area contributed by atoms with E-state index in [1.807, 2.05) is 13.0 Å². The van der Waals surface area contributed by atoms with Gasteiger partial charge in [0.15, 0.2) is 0 Å². The molecule has 20 heavy (non-hydrogen) atoms. The van der Waals surface area contributed by atoms with Crippen LogP contribution >= 0.6 is 11.6 Å². The number of nitrogens with zero attached hydrogens (tertiary/aromatic N) is 1. The van der Waals surface area contributed by atoms with Crippen LogP contribution in [0.3, 0.4) is 0 Å². The summed E-state index contributed by atoms with van der Waals surface area (Å²) in [4.78, 5) is 2.21. The zero-order valence-corrected chi connectivity index (χ0v) is 12.7. The standard InChI is InChI=1S/C15H21ClN4/c1-10(2)19-7-15(3)8-20(9-15)14-5-11(16)4-13(18)12(14)6-17/h4-6,17,19H,1,7-9,18H2,2-3H3. The summed E-state index contributed by atoms with van der Waals surface area (Å²) in [6.07, 6.45) is 1.29. The zero-order chi connectivity index (χ0) is 14.9. The van der Waals surface area contributed by atoms with E-state index in [9.17, 15) is 0 Å². The van der Waals surface area contributed by atoms with Gasteiger partial charge in [-0.05, 0) is 19.1 Å². The van der Waals surface area contributed by atoms with Gasteiger partial charge in [-0.1, -0.05) is 25.1 Å². The Morgan fingerprint density at radius 2 is 2.25 bits per heavy atom. The number of allylic oxidation sites excluding steroid dienone is 1. The molecule has 108 valence electrons. The van der Waals surface area contributed by atoms with Crippen LogP contribution in [0, 0.1) is 10.8 Å². The Labute approximate surface area is 125 Å². The van der Waals surface area contributed by atoms with Gasteiger partial charge in [0.25, 0.3) is 0 Å². The number of rotatable bonds is 5. The Hall–Kier alpha value is -1.68.